The number of carboxylic acids is 1. The Balaban J connectivity index is 0.00000380. The highest BCUT2D eigenvalue weighted by Crippen LogP contribution is 2.40. The number of nitrogens with one attached hydrogen (secondary N) is 1. The number of carbonyl (C=O) groups excluding carboxylic acids is 1. The molecule has 2 N–H and O–H groups in total. The lowest BCUT2D eigenvalue weighted by molar-refractivity contribution is -0.138. The van der Waals surface area contributed by atoms with Crippen molar-refractivity contribution in [1.29, 1.82) is 0 Å². The van der Waals surface area contributed by atoms with Gasteiger partial charge in [-0.3, -0.25) is 14.3 Å². The quantitative estimate of drug-likeness (QED) is 0.427. The van der Waals surface area contributed by atoms with Crippen LogP contribution >= 0.6 is 12.4 Å². The number of amides is 1. The van der Waals surface area contributed by atoms with Crippen LogP contribution < -0.4 is 5.32 Å². The molecule has 1 aliphatic heterocycles. The molecule has 2 atom stereocenters. The Labute approximate surface area is 218 Å². The van der Waals surface area contributed by atoms with E-state index >= 15 is 0 Å². The van der Waals surface area contributed by atoms with Gasteiger partial charge in [-0.05, 0) is 37.8 Å². The lowest BCUT2D eigenvalue weighted by Gasteiger charge is -2.20. The zero-order valence-electron chi connectivity index (χ0n) is 20.2. The van der Waals surface area contributed by atoms with Gasteiger partial charge in [0, 0.05) is 31.2 Å². The summed E-state index contributed by atoms with van der Waals surface area (Å²) in [6.45, 7) is 1.28. The summed E-state index contributed by atoms with van der Waals surface area (Å²) in [6.07, 6.45) is -1.75. The molecule has 1 aliphatic carbocycles. The molecular formula is C25H31ClF4N4O3. The number of aromatic nitrogens is 2. The fourth-order valence-electron chi connectivity index (χ4n) is 5.11. The van der Waals surface area contributed by atoms with Crippen molar-refractivity contribution in [1.82, 2.24) is 20.0 Å². The molecule has 2 aliphatic rings. The Morgan fingerprint density at radius 3 is 2.49 bits per heavy atom. The molecule has 37 heavy (non-hydrogen) atoms. The highest BCUT2D eigenvalue weighted by Gasteiger charge is 2.35. The fraction of sp³-hybridized carbons (Fsp3) is 0.560. The standard InChI is InChI=1S/C25H30F4N4O3.ClH/c26-16-9-11-32(15-16)12-10-17(13-23(34)35)30-24(36)21-14-22(33(31-21)18-5-1-2-6-18)19-7-3-4-8-20(19)25(27,28)29;/h3-4,7-8,14,16-18H,1-2,5-6,9-13,15H2,(H,30,36)(H,34,35);1H. The van der Waals surface area contributed by atoms with Gasteiger partial charge in [0.05, 0.1) is 23.7 Å². The second-order valence-corrected chi connectivity index (χ2v) is 9.58. The normalized spacial score (nSPS) is 19.5. The average Bonchev–Trinajstić information content (AvgIpc) is 3.57. The summed E-state index contributed by atoms with van der Waals surface area (Å²) in [5.74, 6) is -1.74. The first-order chi connectivity index (χ1) is 17.1. The molecule has 1 aromatic carbocycles. The Kier molecular flexibility index (Phi) is 9.57. The van der Waals surface area contributed by atoms with E-state index in [4.69, 9.17) is 0 Å². The molecule has 2 heterocycles. The van der Waals surface area contributed by atoms with Crippen LogP contribution in [0.2, 0.25) is 0 Å². The van der Waals surface area contributed by atoms with Crippen LogP contribution in [0.15, 0.2) is 30.3 Å². The Hall–Kier alpha value is -2.66. The largest absolute Gasteiger partial charge is 0.481 e. The van der Waals surface area contributed by atoms with Gasteiger partial charge >= 0.3 is 12.1 Å². The maximum atomic E-state index is 13.7. The molecule has 0 radical (unpaired) electrons. The van der Waals surface area contributed by atoms with Crippen LogP contribution in [0.3, 0.4) is 0 Å². The first-order valence-electron chi connectivity index (χ1n) is 12.3. The molecule has 0 bridgehead atoms. The van der Waals surface area contributed by atoms with E-state index in [0.717, 1.165) is 31.7 Å². The van der Waals surface area contributed by atoms with Crippen LogP contribution in [0.25, 0.3) is 11.3 Å². The van der Waals surface area contributed by atoms with Crippen LogP contribution in [0, 0.1) is 0 Å². The summed E-state index contributed by atoms with van der Waals surface area (Å²) >= 11 is 0. The van der Waals surface area contributed by atoms with Crippen LogP contribution in [-0.2, 0) is 11.0 Å². The second-order valence-electron chi connectivity index (χ2n) is 9.58. The number of alkyl halides is 4. The topological polar surface area (TPSA) is 87.5 Å². The number of halogens is 5. The lowest BCUT2D eigenvalue weighted by Crippen LogP contribution is -2.39. The molecule has 4 rings (SSSR count). The Morgan fingerprint density at radius 1 is 1.16 bits per heavy atom. The van der Waals surface area contributed by atoms with Gasteiger partial charge in [0.25, 0.3) is 5.91 Å². The Morgan fingerprint density at radius 2 is 1.86 bits per heavy atom. The minimum atomic E-state index is -4.58. The molecule has 1 amide bonds. The third-order valence-electron chi connectivity index (χ3n) is 6.91. The van der Waals surface area contributed by atoms with E-state index in [-0.39, 0.29) is 48.4 Å². The van der Waals surface area contributed by atoms with Gasteiger partial charge in [-0.1, -0.05) is 31.0 Å². The van der Waals surface area contributed by atoms with Gasteiger partial charge in [-0.2, -0.15) is 18.3 Å². The maximum absolute atomic E-state index is 13.7. The number of nitrogens with zero attached hydrogens (tertiary/aromatic N) is 3. The number of carbonyl (C=O) groups is 2. The van der Waals surface area contributed by atoms with Gasteiger partial charge in [0.2, 0.25) is 0 Å². The van der Waals surface area contributed by atoms with Gasteiger partial charge < -0.3 is 15.3 Å². The van der Waals surface area contributed by atoms with E-state index in [0.29, 0.717) is 25.9 Å². The van der Waals surface area contributed by atoms with Crippen LogP contribution in [0.4, 0.5) is 17.6 Å². The van der Waals surface area contributed by atoms with Crippen molar-refractivity contribution in [2.45, 2.75) is 69.4 Å². The number of hydrogen-bond donors (Lipinski definition) is 2. The highest BCUT2D eigenvalue weighted by atomic mass is 35.5. The second kappa shape index (κ2) is 12.3. The van der Waals surface area contributed by atoms with Crippen molar-refractivity contribution < 1.29 is 32.3 Å². The van der Waals surface area contributed by atoms with Crippen molar-refractivity contribution in [3.8, 4) is 11.3 Å². The maximum Gasteiger partial charge on any atom is 0.417 e. The molecule has 12 heteroatoms. The molecule has 0 spiro atoms. The number of carboxylic acid groups (broad SMARTS) is 1. The summed E-state index contributed by atoms with van der Waals surface area (Å²) in [7, 11) is 0. The summed E-state index contributed by atoms with van der Waals surface area (Å²) in [5, 5.41) is 16.4. The molecule has 2 aromatic rings. The highest BCUT2D eigenvalue weighted by molar-refractivity contribution is 5.94. The fourth-order valence-corrected chi connectivity index (χ4v) is 5.11. The number of hydrogen-bond acceptors (Lipinski definition) is 4. The predicted molar refractivity (Wildman–Crippen MR) is 131 cm³/mol. The Bertz CT molecular complexity index is 1090. The van der Waals surface area contributed by atoms with E-state index in [1.807, 2.05) is 4.90 Å². The summed E-state index contributed by atoms with van der Waals surface area (Å²) < 4.78 is 56.2. The smallest absolute Gasteiger partial charge is 0.417 e. The minimum Gasteiger partial charge on any atom is -0.481 e. The first-order valence-corrected chi connectivity index (χ1v) is 12.3. The zero-order valence-corrected chi connectivity index (χ0v) is 21.0. The molecule has 7 nitrogen and oxygen atoms in total. The first kappa shape index (κ1) is 28.9. The molecule has 1 saturated carbocycles. The van der Waals surface area contributed by atoms with E-state index in [9.17, 15) is 32.3 Å². The SMILES string of the molecule is Cl.O=C(O)CC(CCN1CCC(F)C1)NC(=O)c1cc(-c2ccccc2C(F)(F)F)n(C2CCCC2)n1. The van der Waals surface area contributed by atoms with Gasteiger partial charge in [-0.15, -0.1) is 12.4 Å². The minimum absolute atomic E-state index is 0. The van der Waals surface area contributed by atoms with Crippen LogP contribution in [-0.4, -0.2) is 63.5 Å². The lowest BCUT2D eigenvalue weighted by atomic mass is 10.0. The monoisotopic (exact) mass is 546 g/mol. The van der Waals surface area contributed by atoms with Gasteiger partial charge in [0.1, 0.15) is 6.17 Å². The van der Waals surface area contributed by atoms with Crippen molar-refractivity contribution in [2.75, 3.05) is 19.6 Å². The van der Waals surface area contributed by atoms with Gasteiger partial charge in [0.15, 0.2) is 5.69 Å². The molecule has 2 fully saturated rings. The van der Waals surface area contributed by atoms with E-state index < -0.39 is 35.8 Å². The van der Waals surface area contributed by atoms with Crippen LogP contribution in [0.5, 0.6) is 0 Å². The van der Waals surface area contributed by atoms with Crippen molar-refractivity contribution in [2.24, 2.45) is 0 Å². The number of benzene rings is 1. The van der Waals surface area contributed by atoms with E-state index in [1.54, 1.807) is 0 Å². The molecule has 204 valence electrons. The molecule has 1 aromatic heterocycles. The zero-order chi connectivity index (χ0) is 25.9. The summed E-state index contributed by atoms with van der Waals surface area (Å²) in [5.41, 5.74) is -0.716. The number of rotatable bonds is 9. The molecule has 2 unspecified atom stereocenters. The summed E-state index contributed by atoms with van der Waals surface area (Å²) in [4.78, 5) is 26.4. The predicted octanol–water partition coefficient (Wildman–Crippen LogP) is 5.11. The number of likely N-dealkylation sites (tertiary alicyclic amines) is 1. The molecular weight excluding hydrogens is 516 g/mol. The third kappa shape index (κ3) is 7.22. The van der Waals surface area contributed by atoms with E-state index in [1.165, 1.54) is 28.9 Å². The van der Waals surface area contributed by atoms with E-state index in [2.05, 4.69) is 10.4 Å². The van der Waals surface area contributed by atoms with Crippen molar-refractivity contribution in [3.05, 3.63) is 41.6 Å². The van der Waals surface area contributed by atoms with Crippen molar-refractivity contribution in [3.63, 3.8) is 0 Å². The summed E-state index contributed by atoms with van der Waals surface area (Å²) in [6, 6.07) is 5.71. The molecule has 1 saturated heterocycles. The van der Waals surface area contributed by atoms with Crippen molar-refractivity contribution >= 4 is 24.3 Å². The third-order valence-corrected chi connectivity index (χ3v) is 6.91. The van der Waals surface area contributed by atoms with Gasteiger partial charge in [-0.25, -0.2) is 4.39 Å². The average molecular weight is 547 g/mol. The number of aliphatic carboxylic acids is 1. The van der Waals surface area contributed by atoms with Crippen LogP contribution in [0.1, 0.15) is 67.0 Å².